The number of aromatic nitrogens is 1. The molecule has 1 aliphatic heterocycles. The van der Waals surface area contributed by atoms with Gasteiger partial charge in [-0.1, -0.05) is 12.1 Å². The molecule has 1 aromatic rings. The van der Waals surface area contributed by atoms with Crippen molar-refractivity contribution >= 4 is 13.2 Å². The summed E-state index contributed by atoms with van der Waals surface area (Å²) >= 11 is 0. The number of aryl methyl sites for hydroxylation is 1. The Hall–Kier alpha value is -1.33. The largest absolute Gasteiger partial charge is 0.492 e. The zero-order chi connectivity index (χ0) is 15.7. The van der Waals surface area contributed by atoms with E-state index in [4.69, 9.17) is 14.0 Å². The van der Waals surface area contributed by atoms with E-state index >= 15 is 0 Å². The van der Waals surface area contributed by atoms with Crippen molar-refractivity contribution in [2.45, 2.75) is 52.7 Å². The monoisotopic (exact) mass is 289 g/mol. The number of rotatable bonds is 4. The fourth-order valence-electron chi connectivity index (χ4n) is 2.08. The lowest BCUT2D eigenvalue weighted by molar-refractivity contribution is 0.00578. The quantitative estimate of drug-likeness (QED) is 0.796. The molecule has 0 spiro atoms. The van der Waals surface area contributed by atoms with Gasteiger partial charge in [0, 0.05) is 6.20 Å². The second-order valence-electron chi connectivity index (χ2n) is 6.27. The van der Waals surface area contributed by atoms with Gasteiger partial charge in [0.05, 0.1) is 23.5 Å². The van der Waals surface area contributed by atoms with Crippen LogP contribution in [-0.2, 0) is 9.31 Å². The summed E-state index contributed by atoms with van der Waals surface area (Å²) in [6.45, 7) is 12.7. The van der Waals surface area contributed by atoms with Crippen LogP contribution in [0.4, 0.5) is 0 Å². The van der Waals surface area contributed by atoms with Crippen molar-refractivity contribution in [1.82, 2.24) is 4.98 Å². The molecule has 0 radical (unpaired) electrons. The molecule has 2 heterocycles. The van der Waals surface area contributed by atoms with Gasteiger partial charge in [0.25, 0.3) is 0 Å². The van der Waals surface area contributed by atoms with E-state index < -0.39 is 0 Å². The van der Waals surface area contributed by atoms with Crippen LogP contribution in [0.2, 0.25) is 0 Å². The molecule has 0 saturated carbocycles. The zero-order valence-electron chi connectivity index (χ0n) is 13.8. The molecule has 0 atom stereocenters. The molecule has 2 rings (SSSR count). The Morgan fingerprint density at radius 1 is 1.24 bits per heavy atom. The molecule has 0 aromatic carbocycles. The second kappa shape index (κ2) is 5.81. The standard InChI is InChI=1S/C16H24BNO3/c1-7-19-14-10-13(11-18-12(14)2)8-9-17-20-15(3,4)16(5,6)21-17/h8-11H,7H2,1-6H3/b9-8+. The van der Waals surface area contributed by atoms with Gasteiger partial charge in [-0.3, -0.25) is 4.98 Å². The maximum absolute atomic E-state index is 5.93. The van der Waals surface area contributed by atoms with E-state index in [0.29, 0.717) is 6.61 Å². The van der Waals surface area contributed by atoms with Gasteiger partial charge in [-0.2, -0.15) is 0 Å². The Morgan fingerprint density at radius 2 is 1.86 bits per heavy atom. The molecule has 1 saturated heterocycles. The predicted octanol–water partition coefficient (Wildman–Crippen LogP) is 3.43. The van der Waals surface area contributed by atoms with Gasteiger partial charge in [-0.25, -0.2) is 0 Å². The topological polar surface area (TPSA) is 40.6 Å². The average Bonchev–Trinajstić information content (AvgIpc) is 2.59. The Kier molecular flexibility index (Phi) is 4.44. The van der Waals surface area contributed by atoms with Crippen LogP contribution in [-0.4, -0.2) is 29.9 Å². The highest BCUT2D eigenvalue weighted by atomic mass is 16.7. The van der Waals surface area contributed by atoms with E-state index in [1.54, 1.807) is 0 Å². The van der Waals surface area contributed by atoms with Crippen LogP contribution in [0.5, 0.6) is 5.75 Å². The molecule has 0 amide bonds. The first-order valence-electron chi connectivity index (χ1n) is 7.38. The maximum atomic E-state index is 5.93. The molecular weight excluding hydrogens is 265 g/mol. The van der Waals surface area contributed by atoms with Crippen molar-refractivity contribution in [2.24, 2.45) is 0 Å². The molecule has 0 aliphatic carbocycles. The summed E-state index contributed by atoms with van der Waals surface area (Å²) in [5.41, 5.74) is 1.23. The first-order valence-corrected chi connectivity index (χ1v) is 7.38. The van der Waals surface area contributed by atoms with Crippen molar-refractivity contribution in [3.63, 3.8) is 0 Å². The van der Waals surface area contributed by atoms with Gasteiger partial charge < -0.3 is 14.0 Å². The highest BCUT2D eigenvalue weighted by Crippen LogP contribution is 2.37. The lowest BCUT2D eigenvalue weighted by atomic mass is 9.89. The molecule has 1 aliphatic rings. The van der Waals surface area contributed by atoms with Crippen LogP contribution >= 0.6 is 0 Å². The molecule has 21 heavy (non-hydrogen) atoms. The van der Waals surface area contributed by atoms with Crippen LogP contribution in [0.1, 0.15) is 45.9 Å². The van der Waals surface area contributed by atoms with Gasteiger partial charge in [0.15, 0.2) is 0 Å². The summed E-state index contributed by atoms with van der Waals surface area (Å²) in [6, 6.07) is 1.98. The SMILES string of the molecule is CCOc1cc(/C=C/B2OC(C)(C)C(C)(C)O2)cnc1C. The number of hydrogen-bond acceptors (Lipinski definition) is 4. The van der Waals surface area contributed by atoms with Crippen LogP contribution < -0.4 is 4.74 Å². The number of nitrogens with zero attached hydrogens (tertiary/aromatic N) is 1. The summed E-state index contributed by atoms with van der Waals surface area (Å²) in [7, 11) is -0.341. The minimum absolute atomic E-state index is 0.315. The fourth-order valence-corrected chi connectivity index (χ4v) is 2.08. The highest BCUT2D eigenvalue weighted by Gasteiger charge is 2.49. The van der Waals surface area contributed by atoms with Gasteiger partial charge in [-0.05, 0) is 53.2 Å². The summed E-state index contributed by atoms with van der Waals surface area (Å²) in [4.78, 5) is 4.34. The Morgan fingerprint density at radius 3 is 2.43 bits per heavy atom. The second-order valence-corrected chi connectivity index (χ2v) is 6.27. The van der Waals surface area contributed by atoms with E-state index in [-0.39, 0.29) is 18.3 Å². The van der Waals surface area contributed by atoms with E-state index in [2.05, 4.69) is 4.98 Å². The van der Waals surface area contributed by atoms with Crippen LogP contribution in [0, 0.1) is 6.92 Å². The molecule has 114 valence electrons. The Bertz CT molecular complexity index is 524. The normalized spacial score (nSPS) is 20.2. The Balaban J connectivity index is 2.11. The average molecular weight is 289 g/mol. The third-order valence-electron chi connectivity index (χ3n) is 4.08. The fraction of sp³-hybridized carbons (Fsp3) is 0.562. The first kappa shape index (κ1) is 16.1. The van der Waals surface area contributed by atoms with Gasteiger partial charge in [-0.15, -0.1) is 0 Å². The molecule has 5 heteroatoms. The van der Waals surface area contributed by atoms with Crippen molar-refractivity contribution < 1.29 is 14.0 Å². The third kappa shape index (κ3) is 3.47. The highest BCUT2D eigenvalue weighted by molar-refractivity contribution is 6.52. The van der Waals surface area contributed by atoms with Crippen molar-refractivity contribution in [1.29, 1.82) is 0 Å². The molecular formula is C16H24BNO3. The molecule has 4 nitrogen and oxygen atoms in total. The lowest BCUT2D eigenvalue weighted by Gasteiger charge is -2.32. The van der Waals surface area contributed by atoms with Crippen molar-refractivity contribution in [3.8, 4) is 5.75 Å². The zero-order valence-corrected chi connectivity index (χ0v) is 13.8. The molecule has 0 bridgehead atoms. The van der Waals surface area contributed by atoms with Crippen LogP contribution in [0.25, 0.3) is 6.08 Å². The van der Waals surface area contributed by atoms with Gasteiger partial charge in [0.1, 0.15) is 5.75 Å². The number of hydrogen-bond donors (Lipinski definition) is 0. The van der Waals surface area contributed by atoms with Crippen LogP contribution in [0.3, 0.4) is 0 Å². The summed E-state index contributed by atoms with van der Waals surface area (Å²) in [5, 5.41) is 0. The summed E-state index contributed by atoms with van der Waals surface area (Å²) in [6.07, 6.45) is 3.77. The van der Waals surface area contributed by atoms with E-state index in [1.807, 2.05) is 65.9 Å². The van der Waals surface area contributed by atoms with E-state index in [1.165, 1.54) is 0 Å². The predicted molar refractivity (Wildman–Crippen MR) is 85.3 cm³/mol. The molecule has 1 aromatic heterocycles. The van der Waals surface area contributed by atoms with Gasteiger partial charge >= 0.3 is 7.12 Å². The first-order chi connectivity index (χ1) is 9.75. The third-order valence-corrected chi connectivity index (χ3v) is 4.08. The van der Waals surface area contributed by atoms with Crippen molar-refractivity contribution in [2.75, 3.05) is 6.61 Å². The summed E-state index contributed by atoms with van der Waals surface area (Å²) < 4.78 is 17.4. The van der Waals surface area contributed by atoms with Crippen LogP contribution in [0.15, 0.2) is 18.2 Å². The molecule has 1 fully saturated rings. The van der Waals surface area contributed by atoms with Gasteiger partial charge in [0.2, 0.25) is 0 Å². The minimum atomic E-state index is -0.341. The van der Waals surface area contributed by atoms with E-state index in [0.717, 1.165) is 17.0 Å². The Labute approximate surface area is 127 Å². The number of pyridine rings is 1. The maximum Gasteiger partial charge on any atom is 0.487 e. The lowest BCUT2D eigenvalue weighted by Crippen LogP contribution is -2.41. The van der Waals surface area contributed by atoms with E-state index in [9.17, 15) is 0 Å². The molecule has 0 N–H and O–H groups in total. The summed E-state index contributed by atoms with van der Waals surface area (Å²) in [5.74, 6) is 2.73. The molecule has 0 unspecified atom stereocenters. The smallest absolute Gasteiger partial charge is 0.487 e. The van der Waals surface area contributed by atoms with Crippen molar-refractivity contribution in [3.05, 3.63) is 29.5 Å². The minimum Gasteiger partial charge on any atom is -0.492 e. The number of ether oxygens (including phenoxy) is 1.